The van der Waals surface area contributed by atoms with Crippen LogP contribution in [0.5, 0.6) is 0 Å². The number of fused-ring (bicyclic) bond motifs is 7. The fraction of sp³-hybridized carbons (Fsp3) is 0.174. The highest BCUT2D eigenvalue weighted by Gasteiger charge is 2.26. The predicted molar refractivity (Wildman–Crippen MR) is 106 cm³/mol. The number of carbonyl (C=O) groups is 1. The third kappa shape index (κ3) is 2.14. The number of nitrogens with one attached hydrogen (secondary N) is 1. The lowest BCUT2D eigenvalue weighted by Crippen LogP contribution is -2.30. The molecule has 3 heteroatoms. The number of hydrogen-bond donors (Lipinski definition) is 2. The summed E-state index contributed by atoms with van der Waals surface area (Å²) in [6.45, 7) is 1.57. The minimum atomic E-state index is -0.448. The maximum Gasteiger partial charge on any atom is 0.146 e. The zero-order valence-electron chi connectivity index (χ0n) is 14.7. The third-order valence-electron chi connectivity index (χ3n) is 5.57. The highest BCUT2D eigenvalue weighted by Crippen LogP contribution is 2.46. The number of carbonyl (C=O) groups excluding carboxylic acids is 1. The molecule has 1 aliphatic carbocycles. The quantitative estimate of drug-likeness (QED) is 0.513. The monoisotopic (exact) mass is 340 g/mol. The number of aromatic amines is 1. The molecule has 5 rings (SSSR count). The summed E-state index contributed by atoms with van der Waals surface area (Å²) < 4.78 is 0. The molecule has 1 atom stereocenters. The Morgan fingerprint density at radius 2 is 1.73 bits per heavy atom. The van der Waals surface area contributed by atoms with E-state index in [2.05, 4.69) is 59.6 Å². The number of ketones is 1. The number of Topliss-reactive ketones (excluding diaryl/α,β-unsaturated/α-hetero) is 1. The van der Waals surface area contributed by atoms with Crippen LogP contribution in [0.1, 0.15) is 23.7 Å². The van der Waals surface area contributed by atoms with Crippen LogP contribution in [0.25, 0.3) is 32.8 Å². The Morgan fingerprint density at radius 3 is 2.50 bits per heavy atom. The number of nitrogens with two attached hydrogens (primary N) is 1. The summed E-state index contributed by atoms with van der Waals surface area (Å²) in [4.78, 5) is 15.3. The van der Waals surface area contributed by atoms with Gasteiger partial charge >= 0.3 is 0 Å². The molecule has 0 amide bonds. The van der Waals surface area contributed by atoms with Crippen LogP contribution in [0.4, 0.5) is 0 Å². The van der Waals surface area contributed by atoms with Crippen molar-refractivity contribution in [2.75, 3.05) is 0 Å². The van der Waals surface area contributed by atoms with Crippen molar-refractivity contribution in [2.24, 2.45) is 5.73 Å². The van der Waals surface area contributed by atoms with Gasteiger partial charge < -0.3 is 10.7 Å². The molecule has 26 heavy (non-hydrogen) atoms. The molecular weight excluding hydrogens is 320 g/mol. The molecule has 0 aliphatic heterocycles. The standard InChI is InChI=1S/C23H20N2O/c1-13(26)19(24)11-14-10-15-12-21-23(18-8-4-5-9-20(18)25-21)22(15)17-7-3-2-6-16(14)17/h2-10,19,25H,11-12,24H2,1H3. The molecule has 1 heterocycles. The summed E-state index contributed by atoms with van der Waals surface area (Å²) in [5, 5.41) is 3.72. The number of hydrogen-bond acceptors (Lipinski definition) is 2. The topological polar surface area (TPSA) is 58.9 Å². The summed E-state index contributed by atoms with van der Waals surface area (Å²) in [7, 11) is 0. The van der Waals surface area contributed by atoms with E-state index in [1.54, 1.807) is 6.92 Å². The van der Waals surface area contributed by atoms with E-state index >= 15 is 0 Å². The van der Waals surface area contributed by atoms with Gasteiger partial charge in [-0.15, -0.1) is 0 Å². The van der Waals surface area contributed by atoms with Crippen molar-refractivity contribution in [3.8, 4) is 11.1 Å². The average Bonchev–Trinajstić information content (AvgIpc) is 3.17. The van der Waals surface area contributed by atoms with Gasteiger partial charge in [-0.05, 0) is 46.9 Å². The Balaban J connectivity index is 1.79. The molecule has 1 aromatic heterocycles. The predicted octanol–water partition coefficient (Wildman–Crippen LogP) is 4.35. The molecule has 4 aromatic rings. The SMILES string of the molecule is CC(=O)C(N)Cc1cc2c(c3ccccc13)-c1c([nH]c3ccccc13)C2. The lowest BCUT2D eigenvalue weighted by molar-refractivity contribution is -0.118. The van der Waals surface area contributed by atoms with Gasteiger partial charge in [0.05, 0.1) is 6.04 Å². The lowest BCUT2D eigenvalue weighted by Gasteiger charge is -2.15. The average molecular weight is 340 g/mol. The minimum Gasteiger partial charge on any atom is -0.358 e. The fourth-order valence-electron chi connectivity index (χ4n) is 4.30. The van der Waals surface area contributed by atoms with Gasteiger partial charge in [-0.3, -0.25) is 4.79 Å². The third-order valence-corrected chi connectivity index (χ3v) is 5.57. The molecule has 1 unspecified atom stereocenters. The maximum absolute atomic E-state index is 11.7. The lowest BCUT2D eigenvalue weighted by atomic mass is 9.90. The van der Waals surface area contributed by atoms with Crippen molar-refractivity contribution in [1.82, 2.24) is 4.98 Å². The van der Waals surface area contributed by atoms with Gasteiger partial charge in [0.1, 0.15) is 5.78 Å². The first kappa shape index (κ1) is 15.4. The fourth-order valence-corrected chi connectivity index (χ4v) is 4.30. The Kier molecular flexibility index (Phi) is 3.28. The molecule has 0 saturated carbocycles. The van der Waals surface area contributed by atoms with Gasteiger partial charge in [0.15, 0.2) is 0 Å². The van der Waals surface area contributed by atoms with Crippen molar-refractivity contribution in [2.45, 2.75) is 25.8 Å². The van der Waals surface area contributed by atoms with Crippen molar-refractivity contribution in [3.63, 3.8) is 0 Å². The van der Waals surface area contributed by atoms with Gasteiger partial charge in [0, 0.05) is 28.6 Å². The molecule has 3 aromatic carbocycles. The normalized spacial score (nSPS) is 13.8. The Hall–Kier alpha value is -2.91. The molecule has 1 aliphatic rings. The van der Waals surface area contributed by atoms with Crippen LogP contribution in [0, 0.1) is 0 Å². The number of benzene rings is 3. The molecule has 0 fully saturated rings. The number of H-pyrrole nitrogens is 1. The van der Waals surface area contributed by atoms with E-state index in [4.69, 9.17) is 5.73 Å². The van der Waals surface area contributed by atoms with Gasteiger partial charge in [0.2, 0.25) is 0 Å². The van der Waals surface area contributed by atoms with Gasteiger partial charge in [0.25, 0.3) is 0 Å². The highest BCUT2D eigenvalue weighted by atomic mass is 16.1. The summed E-state index contributed by atoms with van der Waals surface area (Å²) in [6.07, 6.45) is 1.48. The van der Waals surface area contributed by atoms with Crippen LogP contribution in [0.15, 0.2) is 54.6 Å². The molecule has 0 bridgehead atoms. The first-order chi connectivity index (χ1) is 12.6. The van der Waals surface area contributed by atoms with E-state index in [9.17, 15) is 4.79 Å². The Labute approximate surface area is 151 Å². The van der Waals surface area contributed by atoms with Crippen LogP contribution in [0.2, 0.25) is 0 Å². The largest absolute Gasteiger partial charge is 0.358 e. The smallest absolute Gasteiger partial charge is 0.146 e. The number of rotatable bonds is 3. The first-order valence-electron chi connectivity index (χ1n) is 9.03. The van der Waals surface area contributed by atoms with Gasteiger partial charge in [-0.25, -0.2) is 0 Å². The van der Waals surface area contributed by atoms with E-state index in [0.717, 1.165) is 12.0 Å². The Morgan fingerprint density at radius 1 is 1.04 bits per heavy atom. The molecule has 128 valence electrons. The van der Waals surface area contributed by atoms with Crippen LogP contribution < -0.4 is 5.73 Å². The molecule has 0 radical (unpaired) electrons. The van der Waals surface area contributed by atoms with Crippen LogP contribution in [-0.4, -0.2) is 16.8 Å². The second-order valence-corrected chi connectivity index (χ2v) is 7.24. The van der Waals surface area contributed by atoms with Crippen molar-refractivity contribution in [1.29, 1.82) is 0 Å². The molecule has 0 spiro atoms. The number of para-hydroxylation sites is 1. The first-order valence-corrected chi connectivity index (χ1v) is 9.03. The minimum absolute atomic E-state index is 0.0331. The second kappa shape index (κ2) is 5.55. The van der Waals surface area contributed by atoms with Crippen molar-refractivity contribution < 1.29 is 4.79 Å². The van der Waals surface area contributed by atoms with Gasteiger partial charge in [-0.1, -0.05) is 48.5 Å². The van der Waals surface area contributed by atoms with E-state index in [0.29, 0.717) is 6.42 Å². The second-order valence-electron chi connectivity index (χ2n) is 7.24. The Bertz CT molecular complexity index is 1190. The van der Waals surface area contributed by atoms with Crippen LogP contribution >= 0.6 is 0 Å². The van der Waals surface area contributed by atoms with E-state index in [1.807, 2.05) is 0 Å². The van der Waals surface area contributed by atoms with Crippen LogP contribution in [0.3, 0.4) is 0 Å². The van der Waals surface area contributed by atoms with E-state index in [1.165, 1.54) is 44.1 Å². The summed E-state index contributed by atoms with van der Waals surface area (Å²) >= 11 is 0. The molecule has 0 saturated heterocycles. The zero-order chi connectivity index (χ0) is 17.8. The van der Waals surface area contributed by atoms with E-state index in [-0.39, 0.29) is 5.78 Å². The molecule has 3 nitrogen and oxygen atoms in total. The van der Waals surface area contributed by atoms with Crippen LogP contribution in [-0.2, 0) is 17.6 Å². The molecular formula is C23H20N2O. The van der Waals surface area contributed by atoms with Crippen molar-refractivity contribution >= 4 is 27.5 Å². The summed E-state index contributed by atoms with van der Waals surface area (Å²) in [5.74, 6) is 0.0331. The molecule has 3 N–H and O–H groups in total. The summed E-state index contributed by atoms with van der Waals surface area (Å²) in [6, 6.07) is 18.8. The highest BCUT2D eigenvalue weighted by molar-refractivity contribution is 6.10. The zero-order valence-corrected chi connectivity index (χ0v) is 14.7. The van der Waals surface area contributed by atoms with E-state index < -0.39 is 6.04 Å². The summed E-state index contributed by atoms with van der Waals surface area (Å²) in [5.41, 5.74) is 13.7. The van der Waals surface area contributed by atoms with Crippen molar-refractivity contribution in [3.05, 3.63) is 71.4 Å². The number of aromatic nitrogens is 1. The maximum atomic E-state index is 11.7. The van der Waals surface area contributed by atoms with Gasteiger partial charge in [-0.2, -0.15) is 0 Å².